The number of aromatic nitrogens is 4. The number of methoxy groups -OCH3 is 1. The molecule has 0 aliphatic rings. The Morgan fingerprint density at radius 2 is 1.82 bits per heavy atom. The fourth-order valence-corrected chi connectivity index (χ4v) is 3.45. The van der Waals surface area contributed by atoms with Gasteiger partial charge in [0.05, 0.1) is 12.8 Å². The number of aryl methyl sites for hydroxylation is 1. The van der Waals surface area contributed by atoms with E-state index < -0.39 is 6.03 Å². The monoisotopic (exact) mass is 444 g/mol. The molecule has 0 spiro atoms. The number of carbonyl (C=O) groups excluding carboxylic acids is 1. The van der Waals surface area contributed by atoms with E-state index >= 15 is 0 Å². The van der Waals surface area contributed by atoms with Crippen LogP contribution in [0, 0.1) is 6.92 Å². The smallest absolute Gasteiger partial charge is 0.324 e. The van der Waals surface area contributed by atoms with Gasteiger partial charge in [-0.05, 0) is 37.6 Å². The first-order chi connectivity index (χ1) is 16.0. The number of aromatic amines is 1. The number of rotatable bonds is 6. The summed E-state index contributed by atoms with van der Waals surface area (Å²) in [5.41, 5.74) is 3.07. The van der Waals surface area contributed by atoms with Crippen LogP contribution in [-0.2, 0) is 6.42 Å². The van der Waals surface area contributed by atoms with Crippen molar-refractivity contribution in [3.05, 3.63) is 82.3 Å². The van der Waals surface area contributed by atoms with Crippen LogP contribution < -0.4 is 20.9 Å². The summed E-state index contributed by atoms with van der Waals surface area (Å²) >= 11 is 0. The first kappa shape index (κ1) is 21.8. The average Bonchev–Trinajstić information content (AvgIpc) is 3.23. The lowest BCUT2D eigenvalue weighted by Crippen LogP contribution is -2.24. The van der Waals surface area contributed by atoms with Crippen LogP contribution >= 0.6 is 0 Å². The Hall–Kier alpha value is -4.40. The highest BCUT2D eigenvalue weighted by Gasteiger charge is 2.17. The van der Waals surface area contributed by atoms with Gasteiger partial charge in [0.2, 0.25) is 5.95 Å². The Morgan fingerprint density at radius 1 is 1.09 bits per heavy atom. The first-order valence-electron chi connectivity index (χ1n) is 10.5. The molecule has 0 aliphatic carbocycles. The molecular weight excluding hydrogens is 420 g/mol. The lowest BCUT2D eigenvalue weighted by atomic mass is 10.2. The topological polar surface area (TPSA) is 114 Å². The molecule has 4 rings (SSSR count). The van der Waals surface area contributed by atoms with Crippen LogP contribution in [0.4, 0.5) is 16.3 Å². The van der Waals surface area contributed by atoms with Gasteiger partial charge < -0.3 is 10.1 Å². The van der Waals surface area contributed by atoms with Gasteiger partial charge in [-0.3, -0.25) is 15.1 Å². The second kappa shape index (κ2) is 9.39. The molecule has 2 aromatic carbocycles. The summed E-state index contributed by atoms with van der Waals surface area (Å²) in [6, 6.07) is 17.8. The number of benzene rings is 2. The van der Waals surface area contributed by atoms with E-state index in [9.17, 15) is 9.59 Å². The Bertz CT molecular complexity index is 1330. The standard InChI is InChI=1S/C24H24N6O3/c1-4-19-15(2)25-23(28-22(19)31)30-21(14-20(29-30)16-8-6-5-7-9-16)27-24(32)26-17-10-12-18(33-3)13-11-17/h5-14H,4H2,1-3H3,(H,25,28,31)(H2,26,27,32). The number of anilines is 2. The summed E-state index contributed by atoms with van der Waals surface area (Å²) in [5, 5.41) is 10.2. The summed E-state index contributed by atoms with van der Waals surface area (Å²) in [4.78, 5) is 32.5. The predicted octanol–water partition coefficient (Wildman–Crippen LogP) is 4.15. The Morgan fingerprint density at radius 3 is 2.45 bits per heavy atom. The highest BCUT2D eigenvalue weighted by molar-refractivity contribution is 5.99. The molecule has 0 unspecified atom stereocenters. The van der Waals surface area contributed by atoms with Gasteiger partial charge in [-0.1, -0.05) is 37.3 Å². The van der Waals surface area contributed by atoms with Gasteiger partial charge in [0.15, 0.2) is 0 Å². The predicted molar refractivity (Wildman–Crippen MR) is 127 cm³/mol. The van der Waals surface area contributed by atoms with Crippen LogP contribution in [-0.4, -0.2) is 32.9 Å². The molecule has 2 amide bonds. The van der Waals surface area contributed by atoms with Gasteiger partial charge in [-0.15, -0.1) is 0 Å². The zero-order chi connectivity index (χ0) is 23.4. The van der Waals surface area contributed by atoms with E-state index in [4.69, 9.17) is 4.74 Å². The van der Waals surface area contributed by atoms with Crippen LogP contribution in [0.25, 0.3) is 17.2 Å². The Kier molecular flexibility index (Phi) is 6.21. The van der Waals surface area contributed by atoms with E-state index in [1.807, 2.05) is 37.3 Å². The molecule has 3 N–H and O–H groups in total. The number of ether oxygens (including phenoxy) is 1. The molecule has 4 aromatic rings. The molecule has 9 heteroatoms. The maximum absolute atomic E-state index is 12.7. The van der Waals surface area contributed by atoms with Crippen LogP contribution in [0.1, 0.15) is 18.2 Å². The summed E-state index contributed by atoms with van der Waals surface area (Å²) in [7, 11) is 1.58. The van der Waals surface area contributed by atoms with Crippen LogP contribution in [0.2, 0.25) is 0 Å². The SMILES string of the molecule is CCc1c(C)nc(-n2nc(-c3ccccc3)cc2NC(=O)Nc2ccc(OC)cc2)[nH]c1=O. The molecule has 0 aliphatic heterocycles. The minimum absolute atomic E-state index is 0.219. The molecule has 2 aromatic heterocycles. The molecule has 0 radical (unpaired) electrons. The number of carbonyl (C=O) groups is 1. The van der Waals surface area contributed by atoms with Crippen molar-refractivity contribution in [2.75, 3.05) is 17.7 Å². The van der Waals surface area contributed by atoms with Crippen LogP contribution in [0.3, 0.4) is 0 Å². The number of hydrogen-bond acceptors (Lipinski definition) is 5. The van der Waals surface area contributed by atoms with Gasteiger partial charge >= 0.3 is 6.03 Å². The summed E-state index contributed by atoms with van der Waals surface area (Å²) in [6.45, 7) is 3.68. The van der Waals surface area contributed by atoms with E-state index in [1.54, 1.807) is 44.4 Å². The fraction of sp³-hybridized carbons (Fsp3) is 0.167. The summed E-state index contributed by atoms with van der Waals surface area (Å²) in [5.74, 6) is 1.26. The number of urea groups is 1. The summed E-state index contributed by atoms with van der Waals surface area (Å²) < 4.78 is 6.56. The van der Waals surface area contributed by atoms with Crippen molar-refractivity contribution in [2.45, 2.75) is 20.3 Å². The Balaban J connectivity index is 1.69. The maximum atomic E-state index is 12.7. The molecule has 33 heavy (non-hydrogen) atoms. The molecule has 168 valence electrons. The second-order valence-electron chi connectivity index (χ2n) is 7.31. The molecule has 0 bridgehead atoms. The maximum Gasteiger partial charge on any atom is 0.324 e. The minimum atomic E-state index is -0.467. The van der Waals surface area contributed by atoms with Gasteiger partial charge in [0, 0.05) is 28.6 Å². The van der Waals surface area contributed by atoms with Crippen molar-refractivity contribution in [3.8, 4) is 23.0 Å². The van der Waals surface area contributed by atoms with Crippen molar-refractivity contribution in [3.63, 3.8) is 0 Å². The third-order valence-corrected chi connectivity index (χ3v) is 5.13. The van der Waals surface area contributed by atoms with Crippen molar-refractivity contribution in [2.24, 2.45) is 0 Å². The van der Waals surface area contributed by atoms with Gasteiger partial charge in [0.25, 0.3) is 5.56 Å². The summed E-state index contributed by atoms with van der Waals surface area (Å²) in [6.07, 6.45) is 0.568. The number of nitrogens with zero attached hydrogens (tertiary/aromatic N) is 3. The van der Waals surface area contributed by atoms with Gasteiger partial charge in [-0.2, -0.15) is 9.78 Å². The Labute approximate surface area is 190 Å². The van der Waals surface area contributed by atoms with E-state index in [0.717, 1.165) is 5.56 Å². The quantitative estimate of drug-likeness (QED) is 0.413. The molecule has 0 fully saturated rings. The lowest BCUT2D eigenvalue weighted by molar-refractivity contribution is 0.262. The number of H-pyrrole nitrogens is 1. The zero-order valence-electron chi connectivity index (χ0n) is 18.5. The normalized spacial score (nSPS) is 10.6. The number of hydrogen-bond donors (Lipinski definition) is 3. The van der Waals surface area contributed by atoms with E-state index in [-0.39, 0.29) is 11.5 Å². The first-order valence-corrected chi connectivity index (χ1v) is 10.5. The van der Waals surface area contributed by atoms with Crippen LogP contribution in [0.15, 0.2) is 65.5 Å². The van der Waals surface area contributed by atoms with Gasteiger partial charge in [0.1, 0.15) is 11.6 Å². The third kappa shape index (κ3) is 4.77. The number of nitrogens with one attached hydrogen (secondary N) is 3. The fourth-order valence-electron chi connectivity index (χ4n) is 3.45. The molecule has 0 atom stereocenters. The van der Waals surface area contributed by atoms with Crippen LogP contribution in [0.5, 0.6) is 5.75 Å². The molecule has 0 saturated carbocycles. The van der Waals surface area contributed by atoms with Crippen molar-refractivity contribution < 1.29 is 9.53 Å². The highest BCUT2D eigenvalue weighted by Crippen LogP contribution is 2.24. The highest BCUT2D eigenvalue weighted by atomic mass is 16.5. The largest absolute Gasteiger partial charge is 0.497 e. The van der Waals surface area contributed by atoms with Crippen molar-refractivity contribution in [1.29, 1.82) is 0 Å². The molecular formula is C24H24N6O3. The van der Waals surface area contributed by atoms with E-state index in [2.05, 4.69) is 25.7 Å². The minimum Gasteiger partial charge on any atom is -0.497 e. The second-order valence-corrected chi connectivity index (χ2v) is 7.31. The lowest BCUT2D eigenvalue weighted by Gasteiger charge is -2.11. The molecule has 9 nitrogen and oxygen atoms in total. The molecule has 2 heterocycles. The van der Waals surface area contributed by atoms with E-state index in [0.29, 0.717) is 40.6 Å². The third-order valence-electron chi connectivity index (χ3n) is 5.13. The van der Waals surface area contributed by atoms with Crippen molar-refractivity contribution in [1.82, 2.24) is 19.7 Å². The average molecular weight is 444 g/mol. The molecule has 0 saturated heterocycles. The van der Waals surface area contributed by atoms with E-state index in [1.165, 1.54) is 4.68 Å². The van der Waals surface area contributed by atoms with Gasteiger partial charge in [-0.25, -0.2) is 9.78 Å². The van der Waals surface area contributed by atoms with Crippen molar-refractivity contribution >= 4 is 17.5 Å². The number of amides is 2. The zero-order valence-corrected chi connectivity index (χ0v) is 18.5.